The van der Waals surface area contributed by atoms with Gasteiger partial charge in [-0.1, -0.05) is 62.5 Å². The Bertz CT molecular complexity index is 1920. The van der Waals surface area contributed by atoms with Crippen LogP contribution in [0.3, 0.4) is 0 Å². The fourth-order valence-electron chi connectivity index (χ4n) is 5.87. The molecule has 0 saturated carbocycles. The third kappa shape index (κ3) is 5.82. The Kier molecular flexibility index (Phi) is 8.80. The fourth-order valence-corrected chi connectivity index (χ4v) is 8.38. The molecule has 0 bridgehead atoms. The van der Waals surface area contributed by atoms with Gasteiger partial charge in [-0.2, -0.15) is 5.26 Å². The summed E-state index contributed by atoms with van der Waals surface area (Å²) in [6.45, 7) is 13.6. The Morgan fingerprint density at radius 1 is 1.18 bits per heavy atom. The number of nitrogens with zero attached hydrogens (tertiary/aromatic N) is 4. The van der Waals surface area contributed by atoms with Gasteiger partial charge < -0.3 is 14.0 Å². The predicted octanol–water partition coefficient (Wildman–Crippen LogP) is 7.45. The average molecular weight is 631 g/mol. The second-order valence-electron chi connectivity index (χ2n) is 13.0. The van der Waals surface area contributed by atoms with E-state index in [1.807, 2.05) is 67.0 Å². The summed E-state index contributed by atoms with van der Waals surface area (Å²) in [4.78, 5) is 4.97. The average Bonchev–Trinajstić information content (AvgIpc) is 3.59. The lowest BCUT2D eigenvalue weighted by Crippen LogP contribution is -2.38. The number of allylic oxidation sites excluding steroid dienone is 3. The van der Waals surface area contributed by atoms with E-state index in [0.717, 1.165) is 45.6 Å². The molecule has 2 aromatic heterocycles. The smallest absolute Gasteiger partial charge is 0.248 e. The number of aromatic nitrogens is 3. The monoisotopic (exact) mass is 630 g/mol. The minimum absolute atomic E-state index is 0.257. The van der Waals surface area contributed by atoms with Crippen LogP contribution in [0, 0.1) is 18.3 Å². The van der Waals surface area contributed by atoms with Crippen molar-refractivity contribution in [3.05, 3.63) is 88.9 Å². The van der Waals surface area contributed by atoms with Crippen LogP contribution in [0.4, 0.5) is 0 Å². The van der Waals surface area contributed by atoms with Crippen LogP contribution < -0.4 is 0 Å². The highest BCUT2D eigenvalue weighted by Gasteiger charge is 2.40. The summed E-state index contributed by atoms with van der Waals surface area (Å²) in [5.41, 5.74) is 5.36. The molecule has 0 aliphatic heterocycles. The standard InChI is InChI=1S/C34H42N4O4SSi/c1-8-25-10-9-16-34(3,21-25)43(39,40)38-17-15-27-28(13-11-24(2)31(27)38)32(41-4)33-36-29-14-12-26(22-35)20-30(29)37(33)23-42-18-19-44(5,6)7/h9-15,17,20-21,32H,8,16,18-19,23H2,1-7H3. The molecule has 2 unspecified atom stereocenters. The Morgan fingerprint density at radius 3 is 2.64 bits per heavy atom. The molecule has 0 N–H and O–H groups in total. The fraction of sp³-hybridized carbons (Fsp3) is 0.412. The highest BCUT2D eigenvalue weighted by Crippen LogP contribution is 2.38. The van der Waals surface area contributed by atoms with Gasteiger partial charge >= 0.3 is 0 Å². The van der Waals surface area contributed by atoms with Crippen LogP contribution in [0.2, 0.25) is 25.7 Å². The first kappa shape index (κ1) is 31.9. The SMILES string of the molecule is CCC1=CC(C)(S(=O)(=O)n2ccc3c(C(OC)c4nc5ccc(C#N)cc5n4COCC[Si](C)(C)C)ccc(C)c32)CC=C1. The van der Waals surface area contributed by atoms with E-state index < -0.39 is 28.9 Å². The van der Waals surface area contributed by atoms with E-state index in [-0.39, 0.29) is 6.73 Å². The van der Waals surface area contributed by atoms with Gasteiger partial charge in [-0.3, -0.25) is 0 Å². The first-order valence-electron chi connectivity index (χ1n) is 15.1. The van der Waals surface area contributed by atoms with Gasteiger partial charge in [0.15, 0.2) is 0 Å². The van der Waals surface area contributed by atoms with Crippen molar-refractivity contribution in [3.63, 3.8) is 0 Å². The van der Waals surface area contributed by atoms with Gasteiger partial charge in [-0.25, -0.2) is 17.4 Å². The van der Waals surface area contributed by atoms with Gasteiger partial charge in [0.2, 0.25) is 10.0 Å². The van der Waals surface area contributed by atoms with Crippen molar-refractivity contribution in [1.29, 1.82) is 5.26 Å². The molecule has 1 aliphatic carbocycles. The number of hydrogen-bond donors (Lipinski definition) is 0. The summed E-state index contributed by atoms with van der Waals surface area (Å²) >= 11 is 0. The quantitative estimate of drug-likeness (QED) is 0.126. The Balaban J connectivity index is 1.63. The van der Waals surface area contributed by atoms with E-state index in [0.29, 0.717) is 29.9 Å². The molecule has 232 valence electrons. The lowest BCUT2D eigenvalue weighted by atomic mass is 9.96. The number of ether oxygens (including phenoxy) is 2. The van der Waals surface area contributed by atoms with Gasteiger partial charge in [0.25, 0.3) is 0 Å². The normalized spacial score (nSPS) is 18.1. The number of nitriles is 1. The Labute approximate surface area is 261 Å². The molecule has 0 radical (unpaired) electrons. The predicted molar refractivity (Wildman–Crippen MR) is 179 cm³/mol. The summed E-state index contributed by atoms with van der Waals surface area (Å²) in [5, 5.41) is 10.4. The second-order valence-corrected chi connectivity index (χ2v) is 20.9. The van der Waals surface area contributed by atoms with Crippen LogP contribution >= 0.6 is 0 Å². The summed E-state index contributed by atoms with van der Waals surface area (Å²) in [6.07, 6.45) is 8.08. The summed E-state index contributed by atoms with van der Waals surface area (Å²) in [7, 11) is -3.47. The lowest BCUT2D eigenvalue weighted by Gasteiger charge is -2.29. The van der Waals surface area contributed by atoms with Crippen LogP contribution in [-0.2, 0) is 26.2 Å². The van der Waals surface area contributed by atoms with Gasteiger partial charge in [-0.05, 0) is 68.1 Å². The molecule has 0 spiro atoms. The number of aryl methyl sites for hydroxylation is 1. The molecule has 0 fully saturated rings. The van der Waals surface area contributed by atoms with Crippen molar-refractivity contribution in [1.82, 2.24) is 13.5 Å². The topological polar surface area (TPSA) is 99.1 Å². The maximum atomic E-state index is 14.3. The zero-order valence-electron chi connectivity index (χ0n) is 26.7. The van der Waals surface area contributed by atoms with Crippen molar-refractivity contribution in [2.75, 3.05) is 13.7 Å². The number of rotatable bonds is 11. The molecule has 44 heavy (non-hydrogen) atoms. The molecular formula is C34H42N4O4SSi. The number of imidazole rings is 1. The number of hydrogen-bond acceptors (Lipinski definition) is 6. The van der Waals surface area contributed by atoms with Crippen LogP contribution in [0.15, 0.2) is 66.4 Å². The molecule has 0 amide bonds. The van der Waals surface area contributed by atoms with Crippen molar-refractivity contribution in [2.24, 2.45) is 0 Å². The molecule has 1 aliphatic rings. The van der Waals surface area contributed by atoms with E-state index in [1.165, 1.54) is 3.97 Å². The zero-order chi connectivity index (χ0) is 31.9. The molecule has 5 rings (SSSR count). The number of benzene rings is 2. The highest BCUT2D eigenvalue weighted by atomic mass is 32.2. The van der Waals surface area contributed by atoms with Crippen LogP contribution in [-0.4, -0.2) is 48.5 Å². The first-order chi connectivity index (χ1) is 20.8. The van der Waals surface area contributed by atoms with E-state index in [9.17, 15) is 13.7 Å². The Morgan fingerprint density at radius 2 is 1.95 bits per heavy atom. The number of methoxy groups -OCH3 is 1. The molecule has 2 aromatic carbocycles. The molecule has 4 aromatic rings. The maximum Gasteiger partial charge on any atom is 0.248 e. The van der Waals surface area contributed by atoms with E-state index in [1.54, 1.807) is 26.3 Å². The minimum atomic E-state index is -3.81. The molecule has 8 nitrogen and oxygen atoms in total. The molecular weight excluding hydrogens is 589 g/mol. The van der Waals surface area contributed by atoms with Crippen LogP contribution in [0.25, 0.3) is 21.9 Å². The van der Waals surface area contributed by atoms with E-state index >= 15 is 0 Å². The molecule has 10 heteroatoms. The van der Waals surface area contributed by atoms with E-state index in [4.69, 9.17) is 14.5 Å². The summed E-state index contributed by atoms with van der Waals surface area (Å²) in [6, 6.07) is 14.5. The molecule has 2 atom stereocenters. The molecule has 2 heterocycles. The second kappa shape index (κ2) is 12.1. The minimum Gasteiger partial charge on any atom is -0.369 e. The lowest BCUT2D eigenvalue weighted by molar-refractivity contribution is 0.0742. The van der Waals surface area contributed by atoms with Crippen LogP contribution in [0.1, 0.15) is 55.3 Å². The van der Waals surface area contributed by atoms with Gasteiger partial charge in [0, 0.05) is 33.4 Å². The Hall–Kier alpha value is -3.49. The summed E-state index contributed by atoms with van der Waals surface area (Å²) < 4.78 is 43.2. The van der Waals surface area contributed by atoms with Gasteiger partial charge in [0.05, 0.1) is 28.2 Å². The van der Waals surface area contributed by atoms with Gasteiger partial charge in [0.1, 0.15) is 23.4 Å². The van der Waals surface area contributed by atoms with Crippen molar-refractivity contribution >= 4 is 40.0 Å². The first-order valence-corrected chi connectivity index (χ1v) is 20.2. The van der Waals surface area contributed by atoms with Crippen LogP contribution in [0.5, 0.6) is 0 Å². The number of fused-ring (bicyclic) bond motifs is 2. The van der Waals surface area contributed by atoms with Crippen molar-refractivity contribution in [3.8, 4) is 6.07 Å². The van der Waals surface area contributed by atoms with Gasteiger partial charge in [-0.15, -0.1) is 0 Å². The van der Waals surface area contributed by atoms with Crippen molar-refractivity contribution < 1.29 is 17.9 Å². The zero-order valence-corrected chi connectivity index (χ0v) is 28.5. The van der Waals surface area contributed by atoms with E-state index in [2.05, 4.69) is 25.7 Å². The largest absolute Gasteiger partial charge is 0.369 e. The van der Waals surface area contributed by atoms with Crippen molar-refractivity contribution in [2.45, 2.75) is 76.9 Å². The highest BCUT2D eigenvalue weighted by molar-refractivity contribution is 7.91. The molecule has 0 saturated heterocycles. The third-order valence-electron chi connectivity index (χ3n) is 8.53. The third-order valence-corrected chi connectivity index (χ3v) is 12.5. The maximum absolute atomic E-state index is 14.3. The summed E-state index contributed by atoms with van der Waals surface area (Å²) in [5.74, 6) is 0.631.